The van der Waals surface area contributed by atoms with Crippen LogP contribution in [0.1, 0.15) is 10.4 Å². The lowest BCUT2D eigenvalue weighted by atomic mass is 10.1. The van der Waals surface area contributed by atoms with Gasteiger partial charge in [-0.2, -0.15) is 12.2 Å². The zero-order valence-electron chi connectivity index (χ0n) is 15.1. The Morgan fingerprint density at radius 1 is 1.03 bits per heavy atom. The van der Waals surface area contributed by atoms with E-state index in [1.165, 1.54) is 31.4 Å². The van der Waals surface area contributed by atoms with Gasteiger partial charge in [0, 0.05) is 17.3 Å². The normalized spacial score (nSPS) is 11.1. The Morgan fingerprint density at radius 3 is 2.41 bits per heavy atom. The summed E-state index contributed by atoms with van der Waals surface area (Å²) in [6.45, 7) is 0. The molecule has 0 unspecified atom stereocenters. The van der Waals surface area contributed by atoms with Gasteiger partial charge in [-0.25, -0.2) is 4.79 Å². The average molecular weight is 434 g/mol. The van der Waals surface area contributed by atoms with Gasteiger partial charge in [-0.1, -0.05) is 36.4 Å². The predicted octanol–water partition coefficient (Wildman–Crippen LogP) is 4.12. The second kappa shape index (κ2) is 8.02. The molecule has 0 bridgehead atoms. The molecular weight excluding hydrogens is 418 g/mol. The molecule has 0 saturated heterocycles. The van der Waals surface area contributed by atoms with E-state index in [1.54, 1.807) is 36.4 Å². The van der Waals surface area contributed by atoms with Gasteiger partial charge in [-0.05, 0) is 35.9 Å². The van der Waals surface area contributed by atoms with E-state index in [4.69, 9.17) is 21.6 Å². The van der Waals surface area contributed by atoms with Crippen LogP contribution in [0.15, 0.2) is 71.6 Å². The van der Waals surface area contributed by atoms with E-state index in [-0.39, 0.29) is 10.6 Å². The van der Waals surface area contributed by atoms with Crippen LogP contribution >= 0.6 is 11.8 Å². The van der Waals surface area contributed by atoms with Crippen molar-refractivity contribution in [1.29, 1.82) is 0 Å². The molecule has 0 aliphatic carbocycles. The molecule has 0 saturated carbocycles. The fourth-order valence-corrected chi connectivity index (χ4v) is 4.27. The summed E-state index contributed by atoms with van der Waals surface area (Å²) in [7, 11) is -2.79. The van der Waals surface area contributed by atoms with Crippen molar-refractivity contribution in [3.05, 3.63) is 72.3 Å². The van der Waals surface area contributed by atoms with Gasteiger partial charge in [0.1, 0.15) is 17.0 Å². The molecule has 150 valence electrons. The monoisotopic (exact) mass is 433 g/mol. The van der Waals surface area contributed by atoms with Gasteiger partial charge in [-0.3, -0.25) is 0 Å². The molecular formula is C20H16ClNO6S. The number of sulfonamides is 1. The molecule has 0 amide bonds. The van der Waals surface area contributed by atoms with Crippen LogP contribution in [0.25, 0.3) is 11.1 Å². The van der Waals surface area contributed by atoms with Gasteiger partial charge in [0.2, 0.25) is 0 Å². The lowest BCUT2D eigenvalue weighted by Crippen LogP contribution is -2.22. The number of nitrogens with zero attached hydrogens (tertiary/aromatic N) is 1. The van der Waals surface area contributed by atoms with Crippen LogP contribution in [0.2, 0.25) is 0 Å². The molecule has 7 nitrogen and oxygen atoms in total. The highest BCUT2D eigenvalue weighted by molar-refractivity contribution is 7.94. The number of hydrogen-bond acceptors (Lipinski definition) is 5. The molecule has 3 aromatic rings. The fourth-order valence-electron chi connectivity index (χ4n) is 2.78. The van der Waals surface area contributed by atoms with Gasteiger partial charge in [0.15, 0.2) is 5.75 Å². The molecule has 0 atom stereocenters. The predicted molar refractivity (Wildman–Crippen MR) is 109 cm³/mol. The van der Waals surface area contributed by atoms with Crippen LogP contribution in [-0.2, 0) is 10.0 Å². The minimum atomic E-state index is -4.30. The summed E-state index contributed by atoms with van der Waals surface area (Å²) in [6, 6.07) is 16.8. The quantitative estimate of drug-likeness (QED) is 0.567. The Bertz CT molecular complexity index is 1180. The SMILES string of the molecule is COc1ccccc1-c1cccc(S(=O)(=O)N(Cl)c2cccc(C(=O)O)c2O)c1. The first kappa shape index (κ1) is 20.5. The Balaban J connectivity index is 2.07. The molecule has 2 N–H and O–H groups in total. The summed E-state index contributed by atoms with van der Waals surface area (Å²) in [5.74, 6) is -1.60. The maximum Gasteiger partial charge on any atom is 0.339 e. The number of carboxylic acid groups (broad SMARTS) is 1. The lowest BCUT2D eigenvalue weighted by Gasteiger charge is -2.18. The van der Waals surface area contributed by atoms with Gasteiger partial charge >= 0.3 is 5.97 Å². The number of benzene rings is 3. The van der Waals surface area contributed by atoms with Crippen LogP contribution in [0.3, 0.4) is 0 Å². The molecule has 29 heavy (non-hydrogen) atoms. The summed E-state index contributed by atoms with van der Waals surface area (Å²) in [6.07, 6.45) is 0. The van der Waals surface area contributed by atoms with Crippen LogP contribution in [-0.4, -0.2) is 31.7 Å². The van der Waals surface area contributed by atoms with Crippen molar-refractivity contribution < 1.29 is 28.2 Å². The van der Waals surface area contributed by atoms with E-state index in [2.05, 4.69) is 0 Å². The molecule has 0 heterocycles. The number of halogens is 1. The zero-order valence-corrected chi connectivity index (χ0v) is 16.7. The second-order valence-corrected chi connectivity index (χ2v) is 8.25. The lowest BCUT2D eigenvalue weighted by molar-refractivity contribution is 0.0694. The van der Waals surface area contributed by atoms with Crippen LogP contribution in [0, 0.1) is 0 Å². The Hall–Kier alpha value is -3.23. The maximum absolute atomic E-state index is 13.0. The first-order valence-corrected chi connectivity index (χ1v) is 10.0. The molecule has 9 heteroatoms. The van der Waals surface area contributed by atoms with E-state index < -0.39 is 27.3 Å². The molecule has 0 aromatic heterocycles. The number of aromatic hydroxyl groups is 1. The smallest absolute Gasteiger partial charge is 0.339 e. The number of methoxy groups -OCH3 is 1. The van der Waals surface area contributed by atoms with Gasteiger partial charge in [0.05, 0.1) is 12.0 Å². The minimum Gasteiger partial charge on any atom is -0.505 e. The van der Waals surface area contributed by atoms with Crippen molar-refractivity contribution in [3.63, 3.8) is 0 Å². The molecule has 0 fully saturated rings. The third kappa shape index (κ3) is 3.85. The molecule has 0 aliphatic rings. The number of ether oxygens (including phenoxy) is 1. The maximum atomic E-state index is 13.0. The highest BCUT2D eigenvalue weighted by atomic mass is 35.5. The van der Waals surface area contributed by atoms with Crippen molar-refractivity contribution in [2.75, 3.05) is 10.9 Å². The standard InChI is InChI=1S/C20H16ClNO6S/c1-28-18-11-3-2-8-15(18)13-6-4-7-14(12-13)29(26,27)22(21)17-10-5-9-16(19(17)23)20(24)25/h2-12,23H,1H3,(H,24,25). The van der Waals surface area contributed by atoms with Gasteiger partial charge in [0.25, 0.3) is 10.0 Å². The largest absolute Gasteiger partial charge is 0.505 e. The number of phenols is 1. The van der Waals surface area contributed by atoms with E-state index in [0.717, 1.165) is 6.07 Å². The minimum absolute atomic E-state index is 0.143. The van der Waals surface area contributed by atoms with Crippen LogP contribution < -0.4 is 8.56 Å². The van der Waals surface area contributed by atoms with Crippen LogP contribution in [0.4, 0.5) is 5.69 Å². The number of aromatic carboxylic acids is 1. The molecule has 0 aliphatic heterocycles. The van der Waals surface area contributed by atoms with Crippen molar-refractivity contribution in [2.45, 2.75) is 4.90 Å². The zero-order chi connectivity index (χ0) is 21.2. The summed E-state index contributed by atoms with van der Waals surface area (Å²) in [5, 5.41) is 19.3. The topological polar surface area (TPSA) is 104 Å². The van der Waals surface area contributed by atoms with Crippen molar-refractivity contribution >= 4 is 33.5 Å². The number of para-hydroxylation sites is 2. The van der Waals surface area contributed by atoms with Gasteiger partial charge < -0.3 is 14.9 Å². The Morgan fingerprint density at radius 2 is 1.72 bits per heavy atom. The van der Waals surface area contributed by atoms with E-state index >= 15 is 0 Å². The third-order valence-corrected chi connectivity index (χ3v) is 6.39. The second-order valence-electron chi connectivity index (χ2n) is 5.93. The Labute approximate surface area is 172 Å². The van der Waals surface area contributed by atoms with Crippen molar-refractivity contribution in [3.8, 4) is 22.6 Å². The molecule has 0 spiro atoms. The summed E-state index contributed by atoms with van der Waals surface area (Å²) in [4.78, 5) is 11.1. The number of anilines is 1. The van der Waals surface area contributed by atoms with Crippen LogP contribution in [0.5, 0.6) is 11.5 Å². The van der Waals surface area contributed by atoms with E-state index in [1.807, 2.05) is 0 Å². The Kier molecular flexibility index (Phi) is 5.67. The van der Waals surface area contributed by atoms with Crippen molar-refractivity contribution in [1.82, 2.24) is 0 Å². The number of hydrogen-bond donors (Lipinski definition) is 2. The molecule has 3 aromatic carbocycles. The summed E-state index contributed by atoms with van der Waals surface area (Å²) >= 11 is 6.04. The molecule has 3 rings (SSSR count). The van der Waals surface area contributed by atoms with Crippen molar-refractivity contribution in [2.24, 2.45) is 0 Å². The average Bonchev–Trinajstić information content (AvgIpc) is 2.73. The number of carbonyl (C=O) groups is 1. The first-order valence-electron chi connectivity index (χ1n) is 8.27. The summed E-state index contributed by atoms with van der Waals surface area (Å²) in [5.41, 5.74) is 0.432. The van der Waals surface area contributed by atoms with E-state index in [9.17, 15) is 18.3 Å². The first-order chi connectivity index (χ1) is 13.8. The fraction of sp³-hybridized carbons (Fsp3) is 0.0500. The highest BCUT2D eigenvalue weighted by Crippen LogP contribution is 2.37. The summed E-state index contributed by atoms with van der Waals surface area (Å²) < 4.78 is 31.7. The third-order valence-electron chi connectivity index (χ3n) is 4.20. The highest BCUT2D eigenvalue weighted by Gasteiger charge is 2.28. The number of carboxylic acids is 1. The number of rotatable bonds is 6. The van der Waals surface area contributed by atoms with Gasteiger partial charge in [-0.15, -0.1) is 0 Å². The molecule has 0 radical (unpaired) electrons. The van der Waals surface area contributed by atoms with E-state index in [0.29, 0.717) is 20.7 Å².